The average molecular weight is 277 g/mol. The molecule has 86 valence electrons. The van der Waals surface area contributed by atoms with E-state index in [9.17, 15) is 4.79 Å². The first-order valence-corrected chi connectivity index (χ1v) is 5.93. The van der Waals surface area contributed by atoms with Gasteiger partial charge in [-0.3, -0.25) is 0 Å². The van der Waals surface area contributed by atoms with Gasteiger partial charge in [0.2, 0.25) is 0 Å². The molecule has 0 N–H and O–H groups in total. The molecule has 0 fully saturated rings. The van der Waals surface area contributed by atoms with Crippen molar-refractivity contribution in [2.45, 2.75) is 25.4 Å². The Balaban J connectivity index is 3.87. The van der Waals surface area contributed by atoms with Gasteiger partial charge in [-0.1, -0.05) is 22.0 Å². The molecule has 0 rings (SSSR count). The fourth-order valence-electron chi connectivity index (χ4n) is 0.980. The maximum absolute atomic E-state index is 10.8. The van der Waals surface area contributed by atoms with E-state index in [1.54, 1.807) is 0 Å². The first kappa shape index (κ1) is 14.2. The Bertz CT molecular complexity index is 214. The molecule has 0 amide bonds. The molecule has 0 aromatic rings. The topological polar surface area (TPSA) is 35.5 Å². The molecule has 0 aliphatic rings. The Hall–Kier alpha value is -0.770. The molecule has 3 nitrogen and oxygen atoms in total. The van der Waals surface area contributed by atoms with E-state index in [1.807, 2.05) is 6.08 Å². The minimum atomic E-state index is -0.406. The summed E-state index contributed by atoms with van der Waals surface area (Å²) in [6.07, 6.45) is 7.35. The highest BCUT2D eigenvalue weighted by Gasteiger charge is 2.05. The van der Waals surface area contributed by atoms with Crippen molar-refractivity contribution in [3.05, 3.63) is 25.0 Å². The fourth-order valence-corrected chi connectivity index (χ4v) is 1.49. The minimum Gasteiger partial charge on any atom is -0.498 e. The van der Waals surface area contributed by atoms with E-state index in [4.69, 9.17) is 4.74 Å². The van der Waals surface area contributed by atoms with Crippen LogP contribution in [0.1, 0.15) is 19.3 Å². The lowest BCUT2D eigenvalue weighted by atomic mass is 10.1. The number of ether oxygens (including phenoxy) is 2. The molecule has 15 heavy (non-hydrogen) atoms. The lowest BCUT2D eigenvalue weighted by Gasteiger charge is -2.13. The fraction of sp³-hybridized carbons (Fsp3) is 0.545. The summed E-state index contributed by atoms with van der Waals surface area (Å²) < 4.78 is 9.84. The number of hydrogen-bond acceptors (Lipinski definition) is 3. The highest BCUT2D eigenvalue weighted by molar-refractivity contribution is 9.09. The van der Waals surface area contributed by atoms with Gasteiger partial charge in [0.05, 0.1) is 25.6 Å². The van der Waals surface area contributed by atoms with Crippen molar-refractivity contribution in [3.63, 3.8) is 0 Å². The highest BCUT2D eigenvalue weighted by atomic mass is 79.9. The zero-order valence-corrected chi connectivity index (χ0v) is 10.5. The van der Waals surface area contributed by atoms with Crippen molar-refractivity contribution in [2.24, 2.45) is 0 Å². The van der Waals surface area contributed by atoms with Crippen molar-refractivity contribution in [1.82, 2.24) is 0 Å². The predicted octanol–water partition coefficient (Wildman–Crippen LogP) is 2.81. The van der Waals surface area contributed by atoms with Crippen LogP contribution in [-0.4, -0.2) is 24.5 Å². The van der Waals surface area contributed by atoms with Crippen molar-refractivity contribution in [2.75, 3.05) is 12.4 Å². The van der Waals surface area contributed by atoms with Crippen LogP contribution in [0.5, 0.6) is 0 Å². The van der Waals surface area contributed by atoms with Gasteiger partial charge in [0.1, 0.15) is 0 Å². The third-order valence-electron chi connectivity index (χ3n) is 1.80. The van der Waals surface area contributed by atoms with Crippen LogP contribution in [0.3, 0.4) is 0 Å². The molecule has 0 aliphatic carbocycles. The van der Waals surface area contributed by atoms with Gasteiger partial charge < -0.3 is 9.47 Å². The molecular weight excluding hydrogens is 260 g/mol. The van der Waals surface area contributed by atoms with Crippen molar-refractivity contribution in [1.29, 1.82) is 0 Å². The molecule has 0 aromatic heterocycles. The normalized spacial score (nSPS) is 12.4. The third-order valence-corrected chi connectivity index (χ3v) is 2.26. The Labute approximate surface area is 99.3 Å². The molecule has 0 bridgehead atoms. The molecular formula is C11H17BrO3. The summed E-state index contributed by atoms with van der Waals surface area (Å²) in [4.78, 5) is 10.8. The number of allylic oxidation sites excluding steroid dienone is 1. The Morgan fingerprint density at radius 3 is 2.80 bits per heavy atom. The first-order valence-electron chi connectivity index (χ1n) is 4.81. The van der Waals surface area contributed by atoms with Gasteiger partial charge in [0.15, 0.2) is 0 Å². The van der Waals surface area contributed by atoms with E-state index in [2.05, 4.69) is 27.2 Å². The molecule has 0 radical (unpaired) electrons. The van der Waals surface area contributed by atoms with Crippen LogP contribution in [0, 0.1) is 0 Å². The van der Waals surface area contributed by atoms with Crippen LogP contribution in [0.15, 0.2) is 25.0 Å². The summed E-state index contributed by atoms with van der Waals surface area (Å²) in [6, 6.07) is 0. The maximum atomic E-state index is 10.8. The molecule has 0 saturated heterocycles. The number of methoxy groups -OCH3 is 1. The Morgan fingerprint density at radius 1 is 1.53 bits per heavy atom. The highest BCUT2D eigenvalue weighted by Crippen LogP contribution is 2.09. The van der Waals surface area contributed by atoms with Crippen LogP contribution in [-0.2, 0) is 14.3 Å². The van der Waals surface area contributed by atoms with Crippen LogP contribution < -0.4 is 0 Å². The van der Waals surface area contributed by atoms with Gasteiger partial charge in [-0.15, -0.1) is 6.58 Å². The summed E-state index contributed by atoms with van der Waals surface area (Å²) in [5.41, 5.74) is 0. The molecule has 0 unspecified atom stereocenters. The van der Waals surface area contributed by atoms with Crippen LogP contribution in [0.2, 0.25) is 0 Å². The molecule has 0 aliphatic heterocycles. The molecule has 0 saturated carbocycles. The van der Waals surface area contributed by atoms with Crippen LogP contribution in [0.25, 0.3) is 0 Å². The van der Waals surface area contributed by atoms with Gasteiger partial charge in [0.25, 0.3) is 0 Å². The lowest BCUT2D eigenvalue weighted by Crippen LogP contribution is -2.10. The number of carbonyl (C=O) groups is 1. The third kappa shape index (κ3) is 8.24. The lowest BCUT2D eigenvalue weighted by molar-refractivity contribution is -0.135. The number of alkyl halides is 1. The van der Waals surface area contributed by atoms with Crippen LogP contribution >= 0.6 is 15.9 Å². The van der Waals surface area contributed by atoms with Gasteiger partial charge in [-0.05, 0) is 19.3 Å². The summed E-state index contributed by atoms with van der Waals surface area (Å²) in [5.74, 6) is -0.406. The van der Waals surface area contributed by atoms with Crippen LogP contribution in [0.4, 0.5) is 0 Å². The maximum Gasteiger partial charge on any atom is 0.333 e. The average Bonchev–Trinajstić information content (AvgIpc) is 2.25. The molecule has 0 aromatic carbocycles. The number of carbonyl (C=O) groups excluding carboxylic acids is 1. The molecule has 0 heterocycles. The first-order chi connectivity index (χ1) is 7.24. The van der Waals surface area contributed by atoms with E-state index >= 15 is 0 Å². The number of hydrogen-bond donors (Lipinski definition) is 0. The van der Waals surface area contributed by atoms with Gasteiger partial charge in [0, 0.05) is 5.33 Å². The van der Waals surface area contributed by atoms with Crippen molar-refractivity contribution >= 4 is 21.9 Å². The number of esters is 1. The van der Waals surface area contributed by atoms with Gasteiger partial charge >= 0.3 is 5.97 Å². The largest absolute Gasteiger partial charge is 0.498 e. The van der Waals surface area contributed by atoms with E-state index in [0.29, 0.717) is 0 Å². The number of halogens is 1. The van der Waals surface area contributed by atoms with E-state index in [1.165, 1.54) is 19.4 Å². The zero-order chi connectivity index (χ0) is 11.5. The summed E-state index contributed by atoms with van der Waals surface area (Å²) in [5, 5.41) is 0.876. The van der Waals surface area contributed by atoms with Gasteiger partial charge in [-0.25, -0.2) is 4.79 Å². The monoisotopic (exact) mass is 276 g/mol. The van der Waals surface area contributed by atoms with E-state index < -0.39 is 5.97 Å². The molecule has 1 atom stereocenters. The Morgan fingerprint density at radius 2 is 2.27 bits per heavy atom. The van der Waals surface area contributed by atoms with E-state index in [0.717, 1.165) is 24.6 Å². The van der Waals surface area contributed by atoms with E-state index in [-0.39, 0.29) is 6.10 Å². The predicted molar refractivity (Wildman–Crippen MR) is 63.9 cm³/mol. The number of rotatable bonds is 8. The summed E-state index contributed by atoms with van der Waals surface area (Å²) >= 11 is 3.35. The Kier molecular flexibility index (Phi) is 9.27. The SMILES string of the molecule is C=CCC[C@H](CCBr)O/C=C/C(=O)OC. The quantitative estimate of drug-likeness (QED) is 0.225. The van der Waals surface area contributed by atoms with Crippen molar-refractivity contribution in [3.8, 4) is 0 Å². The standard InChI is InChI=1S/C11H17BrO3/c1-3-4-5-10(6-8-12)15-9-7-11(13)14-2/h3,7,9-10H,1,4-6,8H2,2H3/b9-7+/t10-/m1/s1. The molecule has 0 spiro atoms. The minimum absolute atomic E-state index is 0.114. The second-order valence-electron chi connectivity index (χ2n) is 2.93. The second kappa shape index (κ2) is 9.77. The van der Waals surface area contributed by atoms with Gasteiger partial charge in [-0.2, -0.15) is 0 Å². The summed E-state index contributed by atoms with van der Waals surface area (Å²) in [7, 11) is 1.33. The van der Waals surface area contributed by atoms with Crippen molar-refractivity contribution < 1.29 is 14.3 Å². The smallest absolute Gasteiger partial charge is 0.333 e. The zero-order valence-electron chi connectivity index (χ0n) is 8.95. The second-order valence-corrected chi connectivity index (χ2v) is 3.72. The summed E-state index contributed by atoms with van der Waals surface area (Å²) in [6.45, 7) is 3.66. The molecule has 4 heteroatoms.